The normalized spacial score (nSPS) is 15.7. The molecule has 0 spiro atoms. The molecule has 1 saturated carbocycles. The number of carbonyl (C=O) groups excluding carboxylic acids is 6. The van der Waals surface area contributed by atoms with Gasteiger partial charge in [0.25, 0.3) is 5.91 Å². The minimum absolute atomic E-state index is 0.00547. The molecule has 3 aromatic heterocycles. The van der Waals surface area contributed by atoms with Crippen LogP contribution in [0.2, 0.25) is 0 Å². The zero-order chi connectivity index (χ0) is 53.6. The zero-order valence-corrected chi connectivity index (χ0v) is 44.3. The van der Waals surface area contributed by atoms with Crippen LogP contribution in [0.5, 0.6) is 5.75 Å². The van der Waals surface area contributed by atoms with Crippen molar-refractivity contribution in [2.24, 2.45) is 11.3 Å². The highest BCUT2D eigenvalue weighted by Gasteiger charge is 2.44. The number of β-amino-alcohol motifs (C(OH)–C–C–N with tert-alkyl or cyclic N) is 1. The molecule has 1 aliphatic heterocycles. The summed E-state index contributed by atoms with van der Waals surface area (Å²) in [5, 5.41) is 40.7. The maximum absolute atomic E-state index is 14.0. The van der Waals surface area contributed by atoms with Crippen LogP contribution in [0.25, 0.3) is 21.8 Å². The molecule has 0 unspecified atom stereocenters. The highest BCUT2D eigenvalue weighted by atomic mass is 32.1. The molecule has 2 aliphatic rings. The Balaban J connectivity index is 0.788. The van der Waals surface area contributed by atoms with Crippen molar-refractivity contribution in [1.82, 2.24) is 56.1 Å². The standard InChI is InChI=1S/C53H69N13O8S/c1-32-46(75-31-58-32)34-20-18-33(19-21-34)28-56-50(71)40-26-36(67)29-66(40)52(73)47(53(2,3)4)61-43(69)17-12-10-8-7-9-11-16-42(68)55-24-25-65-30-57-48(64-65)37-14-13-15-38(45(37)74-6)59-39-27-41(60-49(70)35-22-23-35)62-63-44(39)51(72)54-5/h13-15,18-21,27,30-31,35-36,40,47,67H,7-12,16-17,22-26,28-29H2,1-6H3,(H,54,72)(H,55,68)(H,56,71)(H,61,69)(H2,59,60,62,70)/t36-,40+,47-/m1/s1. The number of aliphatic hydroxyl groups excluding tert-OH is 1. The number of ether oxygens (including phenoxy) is 1. The van der Waals surface area contributed by atoms with Gasteiger partial charge in [-0.25, -0.2) is 9.97 Å². The van der Waals surface area contributed by atoms with Gasteiger partial charge in [-0.15, -0.1) is 21.5 Å². The van der Waals surface area contributed by atoms with Crippen molar-refractivity contribution >= 4 is 64.0 Å². The van der Waals surface area contributed by atoms with E-state index in [-0.39, 0.29) is 67.0 Å². The van der Waals surface area contributed by atoms with Crippen molar-refractivity contribution in [2.45, 2.75) is 130 Å². The summed E-state index contributed by atoms with van der Waals surface area (Å²) < 4.78 is 7.42. The van der Waals surface area contributed by atoms with E-state index in [2.05, 4.69) is 57.2 Å². The minimum Gasteiger partial charge on any atom is -0.494 e. The quantitative estimate of drug-likeness (QED) is 0.0347. The number of nitrogens with one attached hydrogen (secondary N) is 6. The van der Waals surface area contributed by atoms with Crippen LogP contribution in [-0.2, 0) is 37.1 Å². The second-order valence-electron chi connectivity index (χ2n) is 20.1. The van der Waals surface area contributed by atoms with Crippen LogP contribution < -0.4 is 36.6 Å². The molecule has 22 heteroatoms. The second-order valence-corrected chi connectivity index (χ2v) is 20.9. The number of nitrogens with zero attached hydrogens (tertiary/aromatic N) is 7. The highest BCUT2D eigenvalue weighted by Crippen LogP contribution is 2.38. The number of para-hydroxylation sites is 1. The highest BCUT2D eigenvalue weighted by molar-refractivity contribution is 7.13. The van der Waals surface area contributed by atoms with Crippen LogP contribution in [-0.4, -0.2) is 121 Å². The molecule has 75 heavy (non-hydrogen) atoms. The fourth-order valence-corrected chi connectivity index (χ4v) is 9.61. The van der Waals surface area contributed by atoms with E-state index in [1.807, 2.05) is 57.5 Å². The Labute approximate surface area is 440 Å². The Morgan fingerprint density at radius 2 is 1.60 bits per heavy atom. The Morgan fingerprint density at radius 3 is 2.27 bits per heavy atom. The molecule has 6 amide bonds. The van der Waals surface area contributed by atoms with Gasteiger partial charge in [-0.05, 0) is 61.3 Å². The smallest absolute Gasteiger partial charge is 0.273 e. The number of hydrogen-bond donors (Lipinski definition) is 7. The molecule has 7 rings (SSSR count). The molecule has 7 N–H and O–H groups in total. The van der Waals surface area contributed by atoms with Gasteiger partial charge in [0.2, 0.25) is 29.5 Å². The number of benzene rings is 2. The lowest BCUT2D eigenvalue weighted by atomic mass is 9.85. The summed E-state index contributed by atoms with van der Waals surface area (Å²) in [4.78, 5) is 89.8. The van der Waals surface area contributed by atoms with Crippen LogP contribution in [0.1, 0.15) is 113 Å². The summed E-state index contributed by atoms with van der Waals surface area (Å²) in [5.74, 6) is -0.718. The number of hydrogen-bond acceptors (Lipinski definition) is 15. The molecule has 400 valence electrons. The Hall–Kier alpha value is -7.33. The molecule has 1 aliphatic carbocycles. The van der Waals surface area contributed by atoms with E-state index in [0.717, 1.165) is 66.6 Å². The first kappa shape index (κ1) is 55.4. The molecule has 5 aromatic rings. The largest absolute Gasteiger partial charge is 0.494 e. The fraction of sp³-hybridized carbons (Fsp3) is 0.491. The van der Waals surface area contributed by atoms with Gasteiger partial charge in [-0.2, -0.15) is 5.10 Å². The van der Waals surface area contributed by atoms with Gasteiger partial charge < -0.3 is 46.6 Å². The van der Waals surface area contributed by atoms with Crippen molar-refractivity contribution in [2.75, 3.05) is 37.9 Å². The van der Waals surface area contributed by atoms with Gasteiger partial charge in [-0.1, -0.05) is 76.8 Å². The average molecular weight is 1050 g/mol. The molecule has 1 saturated heterocycles. The maximum atomic E-state index is 14.0. The summed E-state index contributed by atoms with van der Waals surface area (Å²) in [5.41, 5.74) is 5.47. The van der Waals surface area contributed by atoms with Crippen molar-refractivity contribution in [3.8, 4) is 27.6 Å². The van der Waals surface area contributed by atoms with Gasteiger partial charge in [0.1, 0.15) is 18.4 Å². The first-order valence-corrected chi connectivity index (χ1v) is 26.5. The van der Waals surface area contributed by atoms with E-state index in [1.54, 1.807) is 46.6 Å². The minimum atomic E-state index is -0.891. The molecular formula is C53H69N13O8S. The third-order valence-electron chi connectivity index (χ3n) is 13.1. The van der Waals surface area contributed by atoms with Crippen LogP contribution in [0.3, 0.4) is 0 Å². The lowest BCUT2D eigenvalue weighted by molar-refractivity contribution is -0.144. The molecule has 0 radical (unpaired) electrons. The number of aromatic nitrogens is 6. The van der Waals surface area contributed by atoms with Crippen molar-refractivity contribution in [3.05, 3.63) is 77.3 Å². The number of methoxy groups -OCH3 is 1. The van der Waals surface area contributed by atoms with E-state index < -0.39 is 35.4 Å². The van der Waals surface area contributed by atoms with Crippen molar-refractivity contribution in [3.63, 3.8) is 0 Å². The first-order valence-electron chi connectivity index (χ1n) is 25.6. The van der Waals surface area contributed by atoms with Crippen molar-refractivity contribution < 1.29 is 38.6 Å². The number of amides is 6. The van der Waals surface area contributed by atoms with E-state index in [4.69, 9.17) is 4.74 Å². The predicted molar refractivity (Wildman–Crippen MR) is 284 cm³/mol. The fourth-order valence-electron chi connectivity index (χ4n) is 8.80. The third kappa shape index (κ3) is 15.1. The van der Waals surface area contributed by atoms with Gasteiger partial charge in [0, 0.05) is 57.9 Å². The summed E-state index contributed by atoms with van der Waals surface area (Å²) in [6.07, 6.45) is 7.94. The van der Waals surface area contributed by atoms with Gasteiger partial charge in [0.05, 0.1) is 52.8 Å². The summed E-state index contributed by atoms with van der Waals surface area (Å²) >= 11 is 1.57. The number of likely N-dealkylation sites (tertiary alicyclic amines) is 1. The summed E-state index contributed by atoms with van der Waals surface area (Å²) in [6, 6.07) is 13.0. The first-order chi connectivity index (χ1) is 36.0. The van der Waals surface area contributed by atoms with E-state index in [0.29, 0.717) is 54.4 Å². The number of thiazole rings is 1. The van der Waals surface area contributed by atoms with E-state index in [1.165, 1.54) is 19.1 Å². The lowest BCUT2D eigenvalue weighted by Crippen LogP contribution is -2.57. The molecule has 3 atom stereocenters. The molecule has 0 bridgehead atoms. The van der Waals surface area contributed by atoms with E-state index in [9.17, 15) is 33.9 Å². The van der Waals surface area contributed by atoms with Gasteiger partial charge in [0.15, 0.2) is 23.1 Å². The number of aryl methyl sites for hydroxylation is 1. The SMILES string of the molecule is CNC(=O)c1nnc(NC(=O)C2CC2)cc1Nc1cccc(-c2ncn(CCNC(=O)CCCCCCCCC(=O)N[C@H](C(=O)N3C[C@H](O)C[C@H]3C(=O)NCc3ccc(-c4scnc4C)cc3)C(C)(C)C)n2)c1OC. The van der Waals surface area contributed by atoms with Crippen LogP contribution in [0.15, 0.2) is 60.4 Å². The van der Waals surface area contributed by atoms with Gasteiger partial charge >= 0.3 is 0 Å². The number of anilines is 3. The molecule has 21 nitrogen and oxygen atoms in total. The number of unbranched alkanes of at least 4 members (excludes halogenated alkanes) is 5. The van der Waals surface area contributed by atoms with Crippen LogP contribution in [0, 0.1) is 18.3 Å². The maximum Gasteiger partial charge on any atom is 0.273 e. The molecule has 2 aromatic carbocycles. The number of carbonyl (C=O) groups is 6. The third-order valence-corrected chi connectivity index (χ3v) is 14.1. The monoisotopic (exact) mass is 1050 g/mol. The predicted octanol–water partition coefficient (Wildman–Crippen LogP) is 5.67. The number of rotatable bonds is 25. The molecule has 4 heterocycles. The summed E-state index contributed by atoms with van der Waals surface area (Å²) in [7, 11) is 3.00. The summed E-state index contributed by atoms with van der Waals surface area (Å²) in [6.45, 7) is 8.57. The van der Waals surface area contributed by atoms with Gasteiger partial charge in [-0.3, -0.25) is 33.4 Å². The zero-order valence-electron chi connectivity index (χ0n) is 43.5. The van der Waals surface area contributed by atoms with Crippen LogP contribution in [0.4, 0.5) is 17.2 Å². The van der Waals surface area contributed by atoms with E-state index >= 15 is 0 Å². The topological polar surface area (TPSA) is 277 Å². The Kier molecular flexibility index (Phi) is 19.0. The van der Waals surface area contributed by atoms with Crippen LogP contribution >= 0.6 is 11.3 Å². The molecular weight excluding hydrogens is 979 g/mol. The number of aliphatic hydroxyl groups is 1. The Morgan fingerprint density at radius 1 is 0.880 bits per heavy atom. The van der Waals surface area contributed by atoms with Crippen molar-refractivity contribution in [1.29, 1.82) is 0 Å². The lowest BCUT2D eigenvalue weighted by Gasteiger charge is -2.35. The second kappa shape index (κ2) is 25.7. The Bertz CT molecular complexity index is 2810. The molecule has 2 fully saturated rings. The average Bonchev–Trinajstić information content (AvgIpc) is 3.78.